The van der Waals surface area contributed by atoms with Crippen LogP contribution in [0.1, 0.15) is 30.0 Å². The molecule has 2 aromatic rings. The largest absolute Gasteiger partial charge is 0.481 e. The van der Waals surface area contributed by atoms with Crippen LogP contribution in [0.3, 0.4) is 0 Å². The molecular weight excluding hydrogens is 360 g/mol. The molecule has 4 heteroatoms. The van der Waals surface area contributed by atoms with E-state index in [1.165, 1.54) is 16.7 Å². The van der Waals surface area contributed by atoms with Crippen LogP contribution >= 0.6 is 0 Å². The SMILES string of the molecule is CCC(Oc1ccc(C)c(C)c1)C(=O)N1CCN(C/C=C/c2ccccc2)CC1. The Labute approximate surface area is 174 Å². The van der Waals surface area contributed by atoms with Crippen LogP contribution in [0, 0.1) is 13.8 Å². The summed E-state index contributed by atoms with van der Waals surface area (Å²) in [5.41, 5.74) is 3.63. The number of nitrogens with zero attached hydrogens (tertiary/aromatic N) is 2. The first-order chi connectivity index (χ1) is 14.1. The van der Waals surface area contributed by atoms with E-state index in [-0.39, 0.29) is 5.91 Å². The van der Waals surface area contributed by atoms with Crippen LogP contribution in [0.25, 0.3) is 6.08 Å². The smallest absolute Gasteiger partial charge is 0.263 e. The molecule has 1 fully saturated rings. The third kappa shape index (κ3) is 5.94. The van der Waals surface area contributed by atoms with Crippen LogP contribution in [-0.2, 0) is 4.79 Å². The minimum absolute atomic E-state index is 0.102. The Hall–Kier alpha value is -2.59. The van der Waals surface area contributed by atoms with Gasteiger partial charge in [0.05, 0.1) is 0 Å². The van der Waals surface area contributed by atoms with Crippen LogP contribution in [-0.4, -0.2) is 54.5 Å². The normalized spacial score (nSPS) is 16.2. The molecule has 0 spiro atoms. The van der Waals surface area contributed by atoms with Gasteiger partial charge in [-0.05, 0) is 49.1 Å². The van der Waals surface area contributed by atoms with Gasteiger partial charge in [0.15, 0.2) is 6.10 Å². The summed E-state index contributed by atoms with van der Waals surface area (Å²) in [6.07, 6.45) is 4.61. The summed E-state index contributed by atoms with van der Waals surface area (Å²) in [4.78, 5) is 17.3. The number of benzene rings is 2. The molecule has 1 aliphatic heterocycles. The summed E-state index contributed by atoms with van der Waals surface area (Å²) >= 11 is 0. The van der Waals surface area contributed by atoms with E-state index in [0.717, 1.165) is 38.5 Å². The van der Waals surface area contributed by atoms with Gasteiger partial charge in [-0.2, -0.15) is 0 Å². The molecule has 1 atom stereocenters. The molecule has 29 heavy (non-hydrogen) atoms. The molecule has 2 aromatic carbocycles. The fourth-order valence-electron chi connectivity index (χ4n) is 3.52. The summed E-state index contributed by atoms with van der Waals surface area (Å²) in [5, 5.41) is 0. The number of amides is 1. The van der Waals surface area contributed by atoms with Gasteiger partial charge in [0.1, 0.15) is 5.75 Å². The van der Waals surface area contributed by atoms with Crippen molar-refractivity contribution in [2.24, 2.45) is 0 Å². The van der Waals surface area contributed by atoms with Crippen molar-refractivity contribution in [1.82, 2.24) is 9.80 Å². The summed E-state index contributed by atoms with van der Waals surface area (Å²) in [6.45, 7) is 10.4. The van der Waals surface area contributed by atoms with E-state index in [9.17, 15) is 4.79 Å². The molecular formula is C25H32N2O2. The van der Waals surface area contributed by atoms with Crippen LogP contribution in [0.15, 0.2) is 54.6 Å². The van der Waals surface area contributed by atoms with Crippen molar-refractivity contribution >= 4 is 12.0 Å². The third-order valence-electron chi connectivity index (χ3n) is 5.56. The Morgan fingerprint density at radius 1 is 1.03 bits per heavy atom. The van der Waals surface area contributed by atoms with Gasteiger partial charge in [0.25, 0.3) is 5.91 Å². The fourth-order valence-corrected chi connectivity index (χ4v) is 3.52. The summed E-state index contributed by atoms with van der Waals surface area (Å²) in [5.74, 6) is 0.878. The molecule has 1 amide bonds. The van der Waals surface area contributed by atoms with Crippen LogP contribution in [0.2, 0.25) is 0 Å². The Bertz CT molecular complexity index is 824. The van der Waals surface area contributed by atoms with E-state index >= 15 is 0 Å². The molecule has 1 aliphatic rings. The minimum atomic E-state index is -0.415. The molecule has 0 N–H and O–H groups in total. The van der Waals surface area contributed by atoms with E-state index in [2.05, 4.69) is 43.0 Å². The number of hydrogen-bond donors (Lipinski definition) is 0. The highest BCUT2D eigenvalue weighted by Crippen LogP contribution is 2.19. The first-order valence-electron chi connectivity index (χ1n) is 10.5. The van der Waals surface area contributed by atoms with Crippen molar-refractivity contribution in [3.05, 3.63) is 71.3 Å². The molecule has 0 aromatic heterocycles. The van der Waals surface area contributed by atoms with E-state index in [1.54, 1.807) is 0 Å². The Morgan fingerprint density at radius 3 is 2.41 bits per heavy atom. The van der Waals surface area contributed by atoms with E-state index in [4.69, 9.17) is 4.74 Å². The molecule has 0 saturated carbocycles. The monoisotopic (exact) mass is 392 g/mol. The molecule has 1 heterocycles. The zero-order valence-electron chi connectivity index (χ0n) is 17.8. The van der Waals surface area contributed by atoms with Crippen LogP contribution < -0.4 is 4.74 Å². The lowest BCUT2D eigenvalue weighted by Crippen LogP contribution is -2.52. The van der Waals surface area contributed by atoms with Gasteiger partial charge in [-0.3, -0.25) is 9.69 Å². The highest BCUT2D eigenvalue weighted by Gasteiger charge is 2.27. The van der Waals surface area contributed by atoms with Crippen molar-refractivity contribution in [2.45, 2.75) is 33.3 Å². The highest BCUT2D eigenvalue weighted by molar-refractivity contribution is 5.81. The second kappa shape index (κ2) is 10.3. The quantitative estimate of drug-likeness (QED) is 0.704. The topological polar surface area (TPSA) is 32.8 Å². The van der Waals surface area contributed by atoms with Gasteiger partial charge in [-0.25, -0.2) is 0 Å². The molecule has 3 rings (SSSR count). The average Bonchev–Trinajstić information content (AvgIpc) is 2.75. The number of hydrogen-bond acceptors (Lipinski definition) is 3. The number of ether oxygens (including phenoxy) is 1. The lowest BCUT2D eigenvalue weighted by Gasteiger charge is -2.35. The maximum Gasteiger partial charge on any atom is 0.263 e. The van der Waals surface area contributed by atoms with Crippen LogP contribution in [0.5, 0.6) is 5.75 Å². The number of carbonyl (C=O) groups excluding carboxylic acids is 1. The van der Waals surface area contributed by atoms with Crippen molar-refractivity contribution in [3.63, 3.8) is 0 Å². The zero-order chi connectivity index (χ0) is 20.6. The van der Waals surface area contributed by atoms with Gasteiger partial charge in [0, 0.05) is 32.7 Å². The maximum atomic E-state index is 13.0. The van der Waals surface area contributed by atoms with Crippen molar-refractivity contribution in [2.75, 3.05) is 32.7 Å². The molecule has 0 aliphatic carbocycles. The maximum absolute atomic E-state index is 13.0. The first kappa shape index (κ1) is 21.1. The van der Waals surface area contributed by atoms with Gasteiger partial charge in [-0.1, -0.05) is 55.5 Å². The second-order valence-electron chi connectivity index (χ2n) is 7.70. The average molecular weight is 393 g/mol. The highest BCUT2D eigenvalue weighted by atomic mass is 16.5. The lowest BCUT2D eigenvalue weighted by atomic mass is 10.1. The Kier molecular flexibility index (Phi) is 7.48. The molecule has 4 nitrogen and oxygen atoms in total. The molecule has 154 valence electrons. The molecule has 0 bridgehead atoms. The number of piperazine rings is 1. The summed E-state index contributed by atoms with van der Waals surface area (Å²) in [6, 6.07) is 16.4. The van der Waals surface area contributed by atoms with E-state index in [1.807, 2.05) is 48.2 Å². The third-order valence-corrected chi connectivity index (χ3v) is 5.56. The predicted molar refractivity (Wildman–Crippen MR) is 119 cm³/mol. The standard InChI is InChI=1S/C25H32N2O2/c1-4-24(29-23-13-12-20(2)21(3)19-23)25(28)27-17-15-26(16-18-27)14-8-11-22-9-6-5-7-10-22/h5-13,19,24H,4,14-18H2,1-3H3/b11-8+. The van der Waals surface area contributed by atoms with Gasteiger partial charge in [0.2, 0.25) is 0 Å². The van der Waals surface area contributed by atoms with Gasteiger partial charge in [-0.15, -0.1) is 0 Å². The zero-order valence-corrected chi connectivity index (χ0v) is 17.8. The van der Waals surface area contributed by atoms with Crippen molar-refractivity contribution in [3.8, 4) is 5.75 Å². The summed E-state index contributed by atoms with van der Waals surface area (Å²) in [7, 11) is 0. The number of aryl methyl sites for hydroxylation is 2. The molecule has 0 radical (unpaired) electrons. The minimum Gasteiger partial charge on any atom is -0.481 e. The van der Waals surface area contributed by atoms with Crippen molar-refractivity contribution < 1.29 is 9.53 Å². The van der Waals surface area contributed by atoms with Gasteiger partial charge < -0.3 is 9.64 Å². The fraction of sp³-hybridized carbons (Fsp3) is 0.400. The summed E-state index contributed by atoms with van der Waals surface area (Å²) < 4.78 is 6.04. The van der Waals surface area contributed by atoms with Gasteiger partial charge >= 0.3 is 0 Å². The first-order valence-corrected chi connectivity index (χ1v) is 10.5. The number of carbonyl (C=O) groups is 1. The number of rotatable bonds is 7. The molecule has 1 unspecified atom stereocenters. The second-order valence-corrected chi connectivity index (χ2v) is 7.70. The van der Waals surface area contributed by atoms with E-state index in [0.29, 0.717) is 6.42 Å². The lowest BCUT2D eigenvalue weighted by molar-refractivity contribution is -0.140. The van der Waals surface area contributed by atoms with Crippen LogP contribution in [0.4, 0.5) is 0 Å². The Balaban J connectivity index is 1.49. The predicted octanol–water partition coefficient (Wildman–Crippen LogP) is 4.32. The Morgan fingerprint density at radius 2 is 1.76 bits per heavy atom. The van der Waals surface area contributed by atoms with Crippen molar-refractivity contribution in [1.29, 1.82) is 0 Å². The molecule has 1 saturated heterocycles. The van der Waals surface area contributed by atoms with E-state index < -0.39 is 6.10 Å².